The minimum absolute atomic E-state index is 0.0903. The average molecular weight is 427 g/mol. The van der Waals surface area contributed by atoms with Crippen LogP contribution in [0.1, 0.15) is 89.0 Å². The Morgan fingerprint density at radius 2 is 1.47 bits per heavy atom. The van der Waals surface area contributed by atoms with Gasteiger partial charge in [0.15, 0.2) is 17.4 Å². The van der Waals surface area contributed by atoms with Crippen LogP contribution in [0, 0.1) is 29.4 Å². The van der Waals surface area contributed by atoms with Gasteiger partial charge in [0.1, 0.15) is 0 Å². The van der Waals surface area contributed by atoms with Gasteiger partial charge in [-0.2, -0.15) is 8.78 Å². The van der Waals surface area contributed by atoms with E-state index < -0.39 is 24.0 Å². The van der Waals surface area contributed by atoms with Gasteiger partial charge >= 0.3 is 6.61 Å². The lowest BCUT2D eigenvalue weighted by Gasteiger charge is -2.38. The summed E-state index contributed by atoms with van der Waals surface area (Å²) in [4.78, 5) is 0. The fourth-order valence-electron chi connectivity index (χ4n) is 5.51. The molecule has 0 bridgehead atoms. The second-order valence-corrected chi connectivity index (χ2v) is 9.04. The third kappa shape index (κ3) is 6.24. The van der Waals surface area contributed by atoms with Gasteiger partial charge in [-0.3, -0.25) is 0 Å². The first-order valence-corrected chi connectivity index (χ1v) is 11.6. The largest absolute Gasteiger partial charge is 0.429 e. The highest BCUT2D eigenvalue weighted by Gasteiger charge is 2.31. The number of hydrogen-bond acceptors (Lipinski definition) is 1. The highest BCUT2D eigenvalue weighted by molar-refractivity contribution is 5.33. The first-order chi connectivity index (χ1) is 14.5. The quantitative estimate of drug-likeness (QED) is 0.299. The Hall–Kier alpha value is -1.52. The number of allylic oxidation sites excluding steroid dienone is 2. The van der Waals surface area contributed by atoms with E-state index in [4.69, 9.17) is 0 Å². The van der Waals surface area contributed by atoms with Gasteiger partial charge in [-0.15, -0.1) is 0 Å². The van der Waals surface area contributed by atoms with Crippen molar-refractivity contribution in [2.24, 2.45) is 17.8 Å². The fourth-order valence-corrected chi connectivity index (χ4v) is 5.51. The Balaban J connectivity index is 1.47. The number of rotatable bonds is 8. The molecular weight excluding hydrogens is 392 g/mol. The van der Waals surface area contributed by atoms with Crippen LogP contribution < -0.4 is 4.74 Å². The molecule has 0 saturated heterocycles. The summed E-state index contributed by atoms with van der Waals surface area (Å²) in [5, 5.41) is 0. The van der Waals surface area contributed by atoms with E-state index in [9.17, 15) is 17.6 Å². The fraction of sp³-hybridized carbons (Fsp3) is 0.680. The molecule has 168 valence electrons. The summed E-state index contributed by atoms with van der Waals surface area (Å²) in [5.41, 5.74) is 0.564. The summed E-state index contributed by atoms with van der Waals surface area (Å²) < 4.78 is 56.7. The number of benzene rings is 1. The van der Waals surface area contributed by atoms with Gasteiger partial charge in [-0.1, -0.05) is 31.9 Å². The monoisotopic (exact) mass is 426 g/mol. The zero-order valence-electron chi connectivity index (χ0n) is 17.9. The first-order valence-electron chi connectivity index (χ1n) is 11.6. The van der Waals surface area contributed by atoms with Gasteiger partial charge in [0.25, 0.3) is 0 Å². The number of hydrogen-bond donors (Lipinski definition) is 0. The van der Waals surface area contributed by atoms with Gasteiger partial charge in [-0.25, -0.2) is 8.78 Å². The third-order valence-electron chi connectivity index (χ3n) is 7.17. The predicted octanol–water partition coefficient (Wildman–Crippen LogP) is 8.39. The molecule has 5 heteroatoms. The molecule has 1 nitrogen and oxygen atoms in total. The maximum Gasteiger partial charge on any atom is 0.387 e. The van der Waals surface area contributed by atoms with Crippen LogP contribution in [0.4, 0.5) is 17.6 Å². The lowest BCUT2D eigenvalue weighted by Crippen LogP contribution is -2.25. The smallest absolute Gasteiger partial charge is 0.387 e. The lowest BCUT2D eigenvalue weighted by molar-refractivity contribution is -0.0546. The lowest BCUT2D eigenvalue weighted by atomic mass is 9.68. The maximum atomic E-state index is 14.1. The Morgan fingerprint density at radius 1 is 0.900 bits per heavy atom. The third-order valence-corrected chi connectivity index (χ3v) is 7.17. The Labute approximate surface area is 177 Å². The van der Waals surface area contributed by atoms with E-state index >= 15 is 0 Å². The molecule has 0 radical (unpaired) electrons. The normalized spacial score (nSPS) is 27.7. The van der Waals surface area contributed by atoms with Crippen LogP contribution in [0.15, 0.2) is 24.3 Å². The van der Waals surface area contributed by atoms with Gasteiger partial charge in [0, 0.05) is 0 Å². The molecule has 0 amide bonds. The number of halogens is 4. The van der Waals surface area contributed by atoms with E-state index in [1.807, 2.05) is 0 Å². The van der Waals surface area contributed by atoms with Crippen molar-refractivity contribution in [3.8, 4) is 5.75 Å². The minimum Gasteiger partial charge on any atom is -0.429 e. The van der Waals surface area contributed by atoms with Crippen LogP contribution in [0.2, 0.25) is 0 Å². The van der Waals surface area contributed by atoms with E-state index in [1.54, 1.807) is 0 Å². The highest BCUT2D eigenvalue weighted by atomic mass is 19.3. The van der Waals surface area contributed by atoms with Crippen LogP contribution in [0.25, 0.3) is 0 Å². The molecule has 0 aromatic heterocycles. The van der Waals surface area contributed by atoms with Gasteiger partial charge in [-0.05, 0) is 99.2 Å². The summed E-state index contributed by atoms with van der Waals surface area (Å²) in [6.45, 7) is -1.07. The van der Waals surface area contributed by atoms with Crippen LogP contribution in [-0.4, -0.2) is 6.61 Å². The van der Waals surface area contributed by atoms with Crippen LogP contribution in [0.3, 0.4) is 0 Å². The first kappa shape index (κ1) is 23.1. The zero-order chi connectivity index (χ0) is 21.5. The summed E-state index contributed by atoms with van der Waals surface area (Å²) in [6.07, 6.45) is 17.4. The van der Waals surface area contributed by atoms with Crippen LogP contribution >= 0.6 is 0 Å². The van der Waals surface area contributed by atoms with Crippen molar-refractivity contribution in [3.63, 3.8) is 0 Å². The van der Waals surface area contributed by atoms with E-state index in [2.05, 4.69) is 23.8 Å². The summed E-state index contributed by atoms with van der Waals surface area (Å²) in [5.74, 6) is -0.628. The van der Waals surface area contributed by atoms with Crippen molar-refractivity contribution in [2.45, 2.75) is 90.1 Å². The molecule has 1 aromatic rings. The molecule has 1 aromatic carbocycles. The summed E-state index contributed by atoms with van der Waals surface area (Å²) >= 11 is 0. The van der Waals surface area contributed by atoms with Crippen molar-refractivity contribution in [1.29, 1.82) is 0 Å². The van der Waals surface area contributed by atoms with Gasteiger partial charge in [0.2, 0.25) is 0 Å². The molecule has 3 rings (SSSR count). The molecule has 0 unspecified atom stereocenters. The maximum absolute atomic E-state index is 14.1. The SMILES string of the molecule is CC/C=C/CCC1CCC(C2CCC(c3cc(F)c(OC(F)F)c(F)c3)CC2)CC1. The molecule has 0 N–H and O–H groups in total. The molecule has 0 heterocycles. The highest BCUT2D eigenvalue weighted by Crippen LogP contribution is 2.45. The van der Waals surface area contributed by atoms with E-state index in [0.717, 1.165) is 43.9 Å². The van der Waals surface area contributed by atoms with Crippen LogP contribution in [-0.2, 0) is 0 Å². The molecule has 30 heavy (non-hydrogen) atoms. The number of ether oxygens (including phenoxy) is 1. The Kier molecular flexibility index (Phi) is 8.64. The standard InChI is InChI=1S/C25H34F4O/c1-2-3-4-5-6-17-7-9-18(10-8-17)19-11-13-20(14-12-19)21-15-22(26)24(23(27)16-21)30-25(28)29/h3-4,15-20,25H,2,5-14H2,1H3/b4-3+. The van der Waals surface area contributed by atoms with Crippen molar-refractivity contribution < 1.29 is 22.3 Å². The topological polar surface area (TPSA) is 9.23 Å². The molecule has 2 saturated carbocycles. The Morgan fingerprint density at radius 3 is 2.00 bits per heavy atom. The average Bonchev–Trinajstić information content (AvgIpc) is 2.74. The Bertz CT molecular complexity index is 663. The van der Waals surface area contributed by atoms with Gasteiger partial charge < -0.3 is 4.74 Å². The van der Waals surface area contributed by atoms with Crippen molar-refractivity contribution in [2.75, 3.05) is 0 Å². The van der Waals surface area contributed by atoms with Crippen molar-refractivity contribution >= 4 is 0 Å². The minimum atomic E-state index is -3.24. The van der Waals surface area contributed by atoms with E-state index in [-0.39, 0.29) is 5.92 Å². The zero-order valence-corrected chi connectivity index (χ0v) is 17.9. The predicted molar refractivity (Wildman–Crippen MR) is 112 cm³/mol. The summed E-state index contributed by atoms with van der Waals surface area (Å²) in [7, 11) is 0. The molecule has 0 spiro atoms. The molecule has 0 atom stereocenters. The molecule has 0 aliphatic heterocycles. The van der Waals surface area contributed by atoms with Crippen molar-refractivity contribution in [3.05, 3.63) is 41.5 Å². The van der Waals surface area contributed by atoms with Crippen molar-refractivity contribution in [1.82, 2.24) is 0 Å². The van der Waals surface area contributed by atoms with E-state index in [0.29, 0.717) is 11.5 Å². The second-order valence-electron chi connectivity index (χ2n) is 9.04. The number of alkyl halides is 2. The molecule has 2 aliphatic rings. The van der Waals surface area contributed by atoms with Crippen LogP contribution in [0.5, 0.6) is 5.75 Å². The molecule has 2 fully saturated rings. The van der Waals surface area contributed by atoms with E-state index in [1.165, 1.54) is 50.7 Å². The summed E-state index contributed by atoms with van der Waals surface area (Å²) in [6, 6.07) is 2.34. The molecule has 2 aliphatic carbocycles. The van der Waals surface area contributed by atoms with Gasteiger partial charge in [0.05, 0.1) is 0 Å². The second kappa shape index (κ2) is 11.2. The molecular formula is C25H34F4O.